The third kappa shape index (κ3) is 5.98. The Morgan fingerprint density at radius 1 is 1.09 bits per heavy atom. The number of nitrogens with zero attached hydrogens (tertiary/aromatic N) is 2. The maximum absolute atomic E-state index is 12.3. The van der Waals surface area contributed by atoms with Crippen LogP contribution in [0.25, 0.3) is 0 Å². The summed E-state index contributed by atoms with van der Waals surface area (Å²) in [4.78, 5) is 13.3. The van der Waals surface area contributed by atoms with Crippen LogP contribution < -0.4 is 10.6 Å². The molecule has 0 aliphatic rings. The number of carbonyl (C=O) groups excluding carboxylic acids is 1. The van der Waals surface area contributed by atoms with Crippen molar-refractivity contribution in [3.8, 4) is 0 Å². The summed E-state index contributed by atoms with van der Waals surface area (Å²) in [6, 6.07) is 21.8. The zero-order valence-electron chi connectivity index (χ0n) is 17.7. The van der Waals surface area contributed by atoms with Crippen molar-refractivity contribution in [1.82, 2.24) is 9.78 Å². The van der Waals surface area contributed by atoms with E-state index in [0.717, 1.165) is 16.0 Å². The minimum atomic E-state index is -0.430. The normalized spacial score (nSPS) is 10.6. The van der Waals surface area contributed by atoms with Gasteiger partial charge in [-0.15, -0.1) is 11.3 Å². The maximum Gasteiger partial charge on any atom is 0.340 e. The Morgan fingerprint density at radius 3 is 2.42 bits per heavy atom. The van der Waals surface area contributed by atoms with E-state index in [1.807, 2.05) is 66.7 Å². The van der Waals surface area contributed by atoms with Crippen LogP contribution in [-0.4, -0.2) is 28.0 Å². The molecule has 0 aliphatic carbocycles. The number of thiophene rings is 1. The van der Waals surface area contributed by atoms with Gasteiger partial charge >= 0.3 is 5.97 Å². The summed E-state index contributed by atoms with van der Waals surface area (Å²) in [5.41, 5.74) is 2.69. The van der Waals surface area contributed by atoms with Gasteiger partial charge in [0.2, 0.25) is 0 Å². The van der Waals surface area contributed by atoms with E-state index in [1.54, 1.807) is 10.9 Å². The number of benzene rings is 2. The van der Waals surface area contributed by atoms with Gasteiger partial charge in [0.15, 0.2) is 10.9 Å². The first-order valence-electron chi connectivity index (χ1n) is 10.1. The standard InChI is InChI=1S/C24H21ClN4O2S2/c1-31-23(30)19-13-18(12-16-8-4-2-5-9-16)33-22(19)27-24(32)26-21-20(25)15-29(28-21)14-17-10-6-3-7-11-17/h2-11,13,15H,12,14H2,1H3,(H2,26,27,28,32). The molecule has 0 saturated carbocycles. The fraction of sp³-hybridized carbons (Fsp3) is 0.125. The third-order valence-electron chi connectivity index (χ3n) is 4.77. The van der Waals surface area contributed by atoms with Crippen LogP contribution in [-0.2, 0) is 17.7 Å². The number of thiocarbonyl (C=S) groups is 1. The van der Waals surface area contributed by atoms with Gasteiger partial charge in [-0.05, 0) is 29.4 Å². The van der Waals surface area contributed by atoms with E-state index >= 15 is 0 Å². The molecule has 2 heterocycles. The van der Waals surface area contributed by atoms with Gasteiger partial charge in [0.25, 0.3) is 0 Å². The van der Waals surface area contributed by atoms with Crippen molar-refractivity contribution in [3.63, 3.8) is 0 Å². The maximum atomic E-state index is 12.3. The van der Waals surface area contributed by atoms with Gasteiger partial charge in [-0.1, -0.05) is 72.3 Å². The lowest BCUT2D eigenvalue weighted by Crippen LogP contribution is -2.20. The van der Waals surface area contributed by atoms with E-state index < -0.39 is 5.97 Å². The minimum absolute atomic E-state index is 0.278. The van der Waals surface area contributed by atoms with Crippen molar-refractivity contribution in [3.05, 3.63) is 99.5 Å². The molecule has 2 aromatic heterocycles. The van der Waals surface area contributed by atoms with Gasteiger partial charge in [0.1, 0.15) is 10.0 Å². The van der Waals surface area contributed by atoms with Crippen LogP contribution in [0.15, 0.2) is 72.9 Å². The molecule has 33 heavy (non-hydrogen) atoms. The Hall–Kier alpha value is -3.20. The lowest BCUT2D eigenvalue weighted by Gasteiger charge is -2.09. The number of esters is 1. The van der Waals surface area contributed by atoms with Crippen molar-refractivity contribution in [2.24, 2.45) is 0 Å². The van der Waals surface area contributed by atoms with Gasteiger partial charge in [-0.2, -0.15) is 5.10 Å². The molecule has 9 heteroatoms. The quantitative estimate of drug-likeness (QED) is 0.248. The highest BCUT2D eigenvalue weighted by atomic mass is 35.5. The van der Waals surface area contributed by atoms with Crippen molar-refractivity contribution in [1.29, 1.82) is 0 Å². The summed E-state index contributed by atoms with van der Waals surface area (Å²) < 4.78 is 6.69. The predicted octanol–water partition coefficient (Wildman–Crippen LogP) is 5.83. The van der Waals surface area contributed by atoms with Crippen LogP contribution in [0.2, 0.25) is 5.02 Å². The summed E-state index contributed by atoms with van der Waals surface area (Å²) in [7, 11) is 1.36. The van der Waals surface area contributed by atoms with Gasteiger partial charge in [-0.25, -0.2) is 4.79 Å². The molecule has 168 valence electrons. The molecule has 4 rings (SSSR count). The minimum Gasteiger partial charge on any atom is -0.465 e. The molecular weight excluding hydrogens is 476 g/mol. The molecule has 0 fully saturated rings. The summed E-state index contributed by atoms with van der Waals surface area (Å²) in [6.07, 6.45) is 2.44. The lowest BCUT2D eigenvalue weighted by molar-refractivity contribution is 0.0602. The number of methoxy groups -OCH3 is 1. The average Bonchev–Trinajstić information content (AvgIpc) is 3.36. The van der Waals surface area contributed by atoms with Gasteiger partial charge in [-0.3, -0.25) is 4.68 Å². The van der Waals surface area contributed by atoms with Crippen LogP contribution in [0.1, 0.15) is 26.4 Å². The summed E-state index contributed by atoms with van der Waals surface area (Å²) in [5, 5.41) is 11.9. The second kappa shape index (κ2) is 10.6. The summed E-state index contributed by atoms with van der Waals surface area (Å²) in [6.45, 7) is 0.586. The lowest BCUT2D eigenvalue weighted by atomic mass is 10.1. The SMILES string of the molecule is COC(=O)c1cc(Cc2ccccc2)sc1NC(=S)Nc1nn(Cc2ccccc2)cc1Cl. The Bertz CT molecular complexity index is 1260. The average molecular weight is 497 g/mol. The number of ether oxygens (including phenoxy) is 1. The number of anilines is 2. The smallest absolute Gasteiger partial charge is 0.340 e. The summed E-state index contributed by atoms with van der Waals surface area (Å²) in [5.74, 6) is 0.00631. The van der Waals surface area contributed by atoms with Crippen molar-refractivity contribution < 1.29 is 9.53 Å². The Balaban J connectivity index is 1.47. The second-order valence-electron chi connectivity index (χ2n) is 7.20. The molecule has 0 bridgehead atoms. The molecule has 0 aliphatic heterocycles. The third-order valence-corrected chi connectivity index (χ3v) is 6.30. The first kappa shape index (κ1) is 23.0. The van der Waals surface area contributed by atoms with Crippen LogP contribution in [0, 0.1) is 0 Å². The van der Waals surface area contributed by atoms with E-state index in [4.69, 9.17) is 28.6 Å². The number of hydrogen-bond acceptors (Lipinski definition) is 5. The van der Waals surface area contributed by atoms with Crippen LogP contribution in [0.3, 0.4) is 0 Å². The van der Waals surface area contributed by atoms with E-state index in [-0.39, 0.29) is 5.11 Å². The molecule has 0 saturated heterocycles. The van der Waals surface area contributed by atoms with E-state index in [9.17, 15) is 4.79 Å². The molecule has 0 radical (unpaired) electrons. The van der Waals surface area contributed by atoms with Crippen LogP contribution >= 0.6 is 35.2 Å². The van der Waals surface area contributed by atoms with E-state index in [1.165, 1.54) is 18.4 Å². The topological polar surface area (TPSA) is 68.2 Å². The first-order chi connectivity index (χ1) is 16.0. The molecule has 2 N–H and O–H groups in total. The van der Waals surface area contributed by atoms with Crippen molar-refractivity contribution in [2.45, 2.75) is 13.0 Å². The molecule has 0 atom stereocenters. The molecule has 0 amide bonds. The number of nitrogens with one attached hydrogen (secondary N) is 2. The fourth-order valence-electron chi connectivity index (χ4n) is 3.26. The van der Waals surface area contributed by atoms with Crippen LogP contribution in [0.5, 0.6) is 0 Å². The van der Waals surface area contributed by atoms with Crippen molar-refractivity contribution in [2.75, 3.05) is 17.7 Å². The second-order valence-corrected chi connectivity index (χ2v) is 9.15. The largest absolute Gasteiger partial charge is 0.465 e. The number of rotatable bonds is 7. The van der Waals surface area contributed by atoms with E-state index in [0.29, 0.717) is 34.4 Å². The van der Waals surface area contributed by atoms with Gasteiger partial charge < -0.3 is 15.4 Å². The van der Waals surface area contributed by atoms with Crippen LogP contribution in [0.4, 0.5) is 10.8 Å². The number of aromatic nitrogens is 2. The summed E-state index contributed by atoms with van der Waals surface area (Å²) >= 11 is 13.3. The number of carbonyl (C=O) groups is 1. The van der Waals surface area contributed by atoms with Gasteiger partial charge in [0.05, 0.1) is 19.2 Å². The molecule has 0 unspecified atom stereocenters. The highest BCUT2D eigenvalue weighted by Gasteiger charge is 2.19. The molecule has 2 aromatic carbocycles. The number of hydrogen-bond donors (Lipinski definition) is 2. The first-order valence-corrected chi connectivity index (χ1v) is 11.7. The zero-order valence-corrected chi connectivity index (χ0v) is 20.1. The van der Waals surface area contributed by atoms with E-state index in [2.05, 4.69) is 15.7 Å². The highest BCUT2D eigenvalue weighted by Crippen LogP contribution is 2.31. The predicted molar refractivity (Wildman–Crippen MR) is 138 cm³/mol. The zero-order chi connectivity index (χ0) is 23.2. The Kier molecular flexibility index (Phi) is 7.39. The highest BCUT2D eigenvalue weighted by molar-refractivity contribution is 7.80. The Morgan fingerprint density at radius 2 is 1.76 bits per heavy atom. The van der Waals surface area contributed by atoms with Crippen molar-refractivity contribution >= 4 is 57.1 Å². The Labute approximate surface area is 206 Å². The molecule has 6 nitrogen and oxygen atoms in total. The van der Waals surface area contributed by atoms with Gasteiger partial charge in [0, 0.05) is 17.5 Å². The fourth-order valence-corrected chi connectivity index (χ4v) is 4.80. The molecule has 0 spiro atoms. The monoisotopic (exact) mass is 496 g/mol. The number of halogens is 1. The molecular formula is C24H21ClN4O2S2. The molecule has 4 aromatic rings.